The zero-order chi connectivity index (χ0) is 18.7. The van der Waals surface area contributed by atoms with Gasteiger partial charge in [-0.1, -0.05) is 30.3 Å². The normalized spacial score (nSPS) is 24.7. The SMILES string of the molecule is O=C(CN1CCC[C@@H](C(=O)NCC2CC2)C1)NC1(c2ccccc2)CCC1. The third-order valence-corrected chi connectivity index (χ3v) is 6.42. The van der Waals surface area contributed by atoms with Crippen molar-refractivity contribution in [3.05, 3.63) is 35.9 Å². The van der Waals surface area contributed by atoms with E-state index < -0.39 is 0 Å². The second kappa shape index (κ2) is 8.01. The zero-order valence-corrected chi connectivity index (χ0v) is 16.1. The number of hydrogen-bond acceptors (Lipinski definition) is 3. The highest BCUT2D eigenvalue weighted by molar-refractivity contribution is 5.80. The van der Waals surface area contributed by atoms with Crippen molar-refractivity contribution in [2.75, 3.05) is 26.2 Å². The lowest BCUT2D eigenvalue weighted by molar-refractivity contribution is -0.130. The van der Waals surface area contributed by atoms with Crippen LogP contribution < -0.4 is 10.6 Å². The maximum atomic E-state index is 12.7. The molecule has 0 radical (unpaired) electrons. The molecule has 1 heterocycles. The number of carbonyl (C=O) groups excluding carboxylic acids is 2. The molecule has 27 heavy (non-hydrogen) atoms. The van der Waals surface area contributed by atoms with E-state index in [0.717, 1.165) is 45.2 Å². The van der Waals surface area contributed by atoms with Crippen molar-refractivity contribution in [2.24, 2.45) is 11.8 Å². The Kier molecular flexibility index (Phi) is 5.48. The molecule has 0 bridgehead atoms. The van der Waals surface area contributed by atoms with E-state index in [9.17, 15) is 9.59 Å². The fraction of sp³-hybridized carbons (Fsp3) is 0.636. The third-order valence-electron chi connectivity index (χ3n) is 6.42. The van der Waals surface area contributed by atoms with Gasteiger partial charge in [-0.2, -0.15) is 0 Å². The van der Waals surface area contributed by atoms with Crippen molar-refractivity contribution in [3.8, 4) is 0 Å². The van der Waals surface area contributed by atoms with Gasteiger partial charge in [-0.05, 0) is 63.0 Å². The van der Waals surface area contributed by atoms with Crippen LogP contribution in [-0.4, -0.2) is 42.9 Å². The summed E-state index contributed by atoms with van der Waals surface area (Å²) in [7, 11) is 0. The van der Waals surface area contributed by atoms with Crippen LogP contribution >= 0.6 is 0 Å². The number of likely N-dealkylation sites (tertiary alicyclic amines) is 1. The van der Waals surface area contributed by atoms with Crippen LogP contribution in [0.2, 0.25) is 0 Å². The first-order valence-corrected chi connectivity index (χ1v) is 10.5. The van der Waals surface area contributed by atoms with Crippen LogP contribution in [0, 0.1) is 11.8 Å². The molecule has 1 saturated heterocycles. The second-order valence-corrected chi connectivity index (χ2v) is 8.61. The van der Waals surface area contributed by atoms with Gasteiger partial charge in [-0.3, -0.25) is 14.5 Å². The molecule has 1 atom stereocenters. The van der Waals surface area contributed by atoms with Crippen molar-refractivity contribution in [1.29, 1.82) is 0 Å². The molecule has 5 nitrogen and oxygen atoms in total. The lowest BCUT2D eigenvalue weighted by atomic mass is 9.72. The summed E-state index contributed by atoms with van der Waals surface area (Å²) >= 11 is 0. The Hall–Kier alpha value is -1.88. The Labute approximate surface area is 161 Å². The largest absolute Gasteiger partial charge is 0.356 e. The molecule has 1 aromatic carbocycles. The fourth-order valence-corrected chi connectivity index (χ4v) is 4.41. The van der Waals surface area contributed by atoms with Crippen LogP contribution in [0.1, 0.15) is 50.5 Å². The van der Waals surface area contributed by atoms with Crippen LogP contribution in [0.5, 0.6) is 0 Å². The summed E-state index contributed by atoms with van der Waals surface area (Å²) in [6, 6.07) is 10.3. The average molecular weight is 370 g/mol. The number of nitrogens with zero attached hydrogens (tertiary/aromatic N) is 1. The summed E-state index contributed by atoms with van der Waals surface area (Å²) in [5.74, 6) is 0.984. The Morgan fingerprint density at radius 2 is 1.85 bits per heavy atom. The van der Waals surface area contributed by atoms with E-state index in [1.807, 2.05) is 18.2 Å². The number of carbonyl (C=O) groups is 2. The van der Waals surface area contributed by atoms with Gasteiger partial charge in [0.05, 0.1) is 18.0 Å². The van der Waals surface area contributed by atoms with Gasteiger partial charge in [-0.15, -0.1) is 0 Å². The molecular weight excluding hydrogens is 338 g/mol. The Morgan fingerprint density at radius 3 is 2.52 bits per heavy atom. The molecule has 3 aliphatic rings. The molecule has 146 valence electrons. The zero-order valence-electron chi connectivity index (χ0n) is 16.1. The number of amides is 2. The van der Waals surface area contributed by atoms with Crippen molar-refractivity contribution < 1.29 is 9.59 Å². The monoisotopic (exact) mass is 369 g/mol. The van der Waals surface area contributed by atoms with E-state index in [1.165, 1.54) is 18.4 Å². The van der Waals surface area contributed by atoms with Crippen molar-refractivity contribution in [2.45, 2.75) is 50.5 Å². The van der Waals surface area contributed by atoms with Gasteiger partial charge in [0.15, 0.2) is 0 Å². The summed E-state index contributed by atoms with van der Waals surface area (Å²) in [5, 5.41) is 6.40. The second-order valence-electron chi connectivity index (χ2n) is 8.61. The molecule has 2 saturated carbocycles. The lowest BCUT2D eigenvalue weighted by Crippen LogP contribution is -2.54. The van der Waals surface area contributed by atoms with E-state index in [4.69, 9.17) is 0 Å². The Bertz CT molecular complexity index is 667. The molecule has 0 spiro atoms. The number of piperidine rings is 1. The highest BCUT2D eigenvalue weighted by atomic mass is 16.2. The maximum Gasteiger partial charge on any atom is 0.234 e. The van der Waals surface area contributed by atoms with E-state index in [0.29, 0.717) is 19.0 Å². The van der Waals surface area contributed by atoms with E-state index in [1.54, 1.807) is 0 Å². The van der Waals surface area contributed by atoms with Gasteiger partial charge in [0.2, 0.25) is 11.8 Å². The topological polar surface area (TPSA) is 61.4 Å². The quantitative estimate of drug-likeness (QED) is 0.776. The van der Waals surface area contributed by atoms with Crippen molar-refractivity contribution in [1.82, 2.24) is 15.5 Å². The highest BCUT2D eigenvalue weighted by Crippen LogP contribution is 2.41. The minimum absolute atomic E-state index is 0.0251. The van der Waals surface area contributed by atoms with Gasteiger partial charge in [0.1, 0.15) is 0 Å². The standard InChI is InChI=1S/C22H31N3O2/c26-20(24-22(11-5-12-22)19-7-2-1-3-8-19)16-25-13-4-6-18(15-25)21(27)23-14-17-9-10-17/h1-3,7-8,17-18H,4-6,9-16H2,(H,23,27)(H,24,26)/t18-/m1/s1. The minimum atomic E-state index is -0.185. The molecule has 0 unspecified atom stereocenters. The Morgan fingerprint density at radius 1 is 1.07 bits per heavy atom. The van der Waals surface area contributed by atoms with Gasteiger partial charge >= 0.3 is 0 Å². The fourth-order valence-electron chi connectivity index (χ4n) is 4.41. The molecule has 2 aliphatic carbocycles. The average Bonchev–Trinajstić information content (AvgIpc) is 3.48. The summed E-state index contributed by atoms with van der Waals surface area (Å²) in [5.41, 5.74) is 1.02. The third kappa shape index (κ3) is 4.52. The van der Waals surface area contributed by atoms with Crippen LogP contribution in [0.4, 0.5) is 0 Å². The van der Waals surface area contributed by atoms with E-state index >= 15 is 0 Å². The van der Waals surface area contributed by atoms with E-state index in [2.05, 4.69) is 27.7 Å². The molecule has 2 N–H and O–H groups in total. The summed E-state index contributed by atoms with van der Waals surface area (Å²) in [6.07, 6.45) is 7.59. The van der Waals surface area contributed by atoms with Gasteiger partial charge in [0.25, 0.3) is 0 Å². The summed E-state index contributed by atoms with van der Waals surface area (Å²) < 4.78 is 0. The van der Waals surface area contributed by atoms with Crippen molar-refractivity contribution in [3.63, 3.8) is 0 Å². The molecule has 0 aromatic heterocycles. The number of hydrogen-bond donors (Lipinski definition) is 2. The number of nitrogens with one attached hydrogen (secondary N) is 2. The van der Waals surface area contributed by atoms with Gasteiger partial charge < -0.3 is 10.6 Å². The van der Waals surface area contributed by atoms with Gasteiger partial charge in [0, 0.05) is 13.1 Å². The summed E-state index contributed by atoms with van der Waals surface area (Å²) in [4.78, 5) is 27.3. The van der Waals surface area contributed by atoms with Crippen LogP contribution in [0.25, 0.3) is 0 Å². The first kappa shape index (κ1) is 18.5. The Balaban J connectivity index is 1.29. The molecular formula is C22H31N3O2. The number of benzene rings is 1. The molecule has 5 heteroatoms. The van der Waals surface area contributed by atoms with Crippen LogP contribution in [0.3, 0.4) is 0 Å². The lowest BCUT2D eigenvalue weighted by Gasteiger charge is -2.43. The number of rotatable bonds is 7. The van der Waals surface area contributed by atoms with Crippen LogP contribution in [-0.2, 0) is 15.1 Å². The minimum Gasteiger partial charge on any atom is -0.356 e. The maximum absolute atomic E-state index is 12.7. The van der Waals surface area contributed by atoms with Crippen molar-refractivity contribution >= 4 is 11.8 Å². The van der Waals surface area contributed by atoms with Crippen LogP contribution in [0.15, 0.2) is 30.3 Å². The molecule has 4 rings (SSSR count). The molecule has 1 aromatic rings. The molecule has 1 aliphatic heterocycles. The smallest absolute Gasteiger partial charge is 0.234 e. The first-order chi connectivity index (χ1) is 13.1. The first-order valence-electron chi connectivity index (χ1n) is 10.5. The highest BCUT2D eigenvalue weighted by Gasteiger charge is 2.40. The molecule has 2 amide bonds. The predicted octanol–water partition coefficient (Wildman–Crippen LogP) is 2.42. The molecule has 3 fully saturated rings. The predicted molar refractivity (Wildman–Crippen MR) is 105 cm³/mol. The van der Waals surface area contributed by atoms with Gasteiger partial charge in [-0.25, -0.2) is 0 Å². The van der Waals surface area contributed by atoms with E-state index in [-0.39, 0.29) is 23.3 Å². The summed E-state index contributed by atoms with van der Waals surface area (Å²) in [6.45, 7) is 2.82.